The largest absolute Gasteiger partial charge is 0.387 e. The molecule has 0 aliphatic heterocycles. The second-order valence-corrected chi connectivity index (χ2v) is 5.19. The third-order valence-electron chi connectivity index (χ3n) is 2.01. The van der Waals surface area contributed by atoms with Crippen molar-refractivity contribution in [2.24, 2.45) is 0 Å². The van der Waals surface area contributed by atoms with E-state index in [1.54, 1.807) is 11.3 Å². The number of aliphatic hydroxyl groups excluding tert-OH is 1. The Hall–Kier alpha value is 0.0600. The van der Waals surface area contributed by atoms with E-state index in [0.29, 0.717) is 19.6 Å². The summed E-state index contributed by atoms with van der Waals surface area (Å²) in [6.45, 7) is 4.85. The highest BCUT2D eigenvalue weighted by Gasteiger charge is 2.20. The van der Waals surface area contributed by atoms with E-state index in [-0.39, 0.29) is 0 Å². The molecule has 1 heterocycles. The first-order valence-corrected chi connectivity index (χ1v) is 6.98. The van der Waals surface area contributed by atoms with Crippen LogP contribution in [0.3, 0.4) is 0 Å². The summed E-state index contributed by atoms with van der Waals surface area (Å²) < 4.78 is 11.7. The van der Waals surface area contributed by atoms with Crippen molar-refractivity contribution in [1.82, 2.24) is 0 Å². The maximum atomic E-state index is 9.98. The second kappa shape index (κ2) is 7.40. The lowest BCUT2D eigenvalue weighted by Gasteiger charge is -2.22. The monoisotopic (exact) mass is 308 g/mol. The summed E-state index contributed by atoms with van der Waals surface area (Å²) in [6.07, 6.45) is -0.595. The molecule has 1 rings (SSSR count). The Morgan fingerprint density at radius 2 is 2.00 bits per heavy atom. The molecule has 16 heavy (non-hydrogen) atoms. The van der Waals surface area contributed by atoms with Crippen LogP contribution in [0.4, 0.5) is 0 Å². The lowest BCUT2D eigenvalue weighted by atomic mass is 10.2. The number of hydrogen-bond acceptors (Lipinski definition) is 4. The summed E-state index contributed by atoms with van der Waals surface area (Å²) >= 11 is 5.00. The van der Waals surface area contributed by atoms with E-state index in [0.717, 1.165) is 9.35 Å². The van der Waals surface area contributed by atoms with Gasteiger partial charge in [0, 0.05) is 34.4 Å². The van der Waals surface area contributed by atoms with Gasteiger partial charge >= 0.3 is 0 Å². The summed E-state index contributed by atoms with van der Waals surface area (Å²) in [5, 5.41) is 12.0. The van der Waals surface area contributed by atoms with Gasteiger partial charge in [0.25, 0.3) is 0 Å². The van der Waals surface area contributed by atoms with Crippen molar-refractivity contribution in [2.45, 2.75) is 32.7 Å². The number of ether oxygens (including phenoxy) is 2. The van der Waals surface area contributed by atoms with Crippen LogP contribution in [0.1, 0.15) is 18.7 Å². The van der Waals surface area contributed by atoms with E-state index in [4.69, 9.17) is 9.47 Å². The van der Waals surface area contributed by atoms with Gasteiger partial charge in [0.15, 0.2) is 6.29 Å². The molecule has 0 bridgehead atoms. The van der Waals surface area contributed by atoms with Crippen molar-refractivity contribution in [3.63, 3.8) is 0 Å². The average molecular weight is 309 g/mol. The summed E-state index contributed by atoms with van der Waals surface area (Å²) in [6, 6.07) is 2.00. The van der Waals surface area contributed by atoms with Gasteiger partial charge in [-0.25, -0.2) is 0 Å². The van der Waals surface area contributed by atoms with E-state index in [2.05, 4.69) is 15.9 Å². The molecule has 0 amide bonds. The van der Waals surface area contributed by atoms with Gasteiger partial charge in [0.1, 0.15) is 6.10 Å². The van der Waals surface area contributed by atoms with Crippen molar-refractivity contribution >= 4 is 27.3 Å². The minimum atomic E-state index is -0.620. The number of aliphatic hydroxyl groups is 1. The fourth-order valence-electron chi connectivity index (χ4n) is 1.36. The normalized spacial score (nSPS) is 13.3. The van der Waals surface area contributed by atoms with Gasteiger partial charge in [-0.15, -0.1) is 11.3 Å². The minimum Gasteiger partial charge on any atom is -0.387 e. The number of hydrogen-bond donors (Lipinski definition) is 1. The van der Waals surface area contributed by atoms with Crippen LogP contribution in [-0.2, 0) is 15.9 Å². The quantitative estimate of drug-likeness (QED) is 0.787. The molecule has 5 heteroatoms. The van der Waals surface area contributed by atoms with Crippen molar-refractivity contribution in [2.75, 3.05) is 13.2 Å². The Morgan fingerprint density at radius 1 is 1.38 bits per heavy atom. The Morgan fingerprint density at radius 3 is 2.44 bits per heavy atom. The van der Waals surface area contributed by atoms with E-state index in [1.165, 1.54) is 0 Å². The number of halogens is 1. The van der Waals surface area contributed by atoms with Crippen LogP contribution in [0.25, 0.3) is 0 Å². The van der Waals surface area contributed by atoms with Gasteiger partial charge in [0.2, 0.25) is 0 Å². The van der Waals surface area contributed by atoms with Crippen LogP contribution in [-0.4, -0.2) is 30.7 Å². The smallest absolute Gasteiger partial charge is 0.183 e. The molecule has 0 aliphatic rings. The fraction of sp³-hybridized carbons (Fsp3) is 0.636. The summed E-state index contributed by atoms with van der Waals surface area (Å²) in [7, 11) is 0. The molecule has 0 aromatic carbocycles. The number of thiophene rings is 1. The van der Waals surface area contributed by atoms with Crippen molar-refractivity contribution in [3.8, 4) is 0 Å². The van der Waals surface area contributed by atoms with Crippen LogP contribution in [0.2, 0.25) is 0 Å². The summed E-state index contributed by atoms with van der Waals surface area (Å²) in [5.41, 5.74) is 0. The van der Waals surface area contributed by atoms with Gasteiger partial charge < -0.3 is 14.6 Å². The van der Waals surface area contributed by atoms with Gasteiger partial charge in [-0.2, -0.15) is 0 Å². The Balaban J connectivity index is 2.50. The standard InChI is InChI=1S/C11H17BrO3S/c1-3-14-11(15-4-2)10(13)6-9-5-8(12)7-16-9/h5,7,10-11,13H,3-4,6H2,1-2H3. The van der Waals surface area contributed by atoms with E-state index in [9.17, 15) is 5.11 Å². The Bertz CT molecular complexity index is 297. The van der Waals surface area contributed by atoms with Gasteiger partial charge in [-0.05, 0) is 35.8 Å². The van der Waals surface area contributed by atoms with Crippen LogP contribution >= 0.6 is 27.3 Å². The lowest BCUT2D eigenvalue weighted by molar-refractivity contribution is -0.188. The predicted octanol–water partition coefficient (Wildman–Crippen LogP) is 2.81. The number of rotatable bonds is 7. The van der Waals surface area contributed by atoms with Gasteiger partial charge in [0.05, 0.1) is 0 Å². The Labute approximate surface area is 109 Å². The van der Waals surface area contributed by atoms with Crippen molar-refractivity contribution in [1.29, 1.82) is 0 Å². The molecule has 0 radical (unpaired) electrons. The topological polar surface area (TPSA) is 38.7 Å². The molecule has 1 unspecified atom stereocenters. The molecule has 1 N–H and O–H groups in total. The van der Waals surface area contributed by atoms with Gasteiger partial charge in [-0.3, -0.25) is 0 Å². The molecule has 0 saturated heterocycles. The highest BCUT2D eigenvalue weighted by Crippen LogP contribution is 2.22. The SMILES string of the molecule is CCOC(OCC)C(O)Cc1cc(Br)cs1. The molecular formula is C11H17BrO3S. The zero-order valence-electron chi connectivity index (χ0n) is 9.48. The zero-order chi connectivity index (χ0) is 12.0. The fourth-order valence-corrected chi connectivity index (χ4v) is 2.86. The van der Waals surface area contributed by atoms with Crippen LogP contribution in [0.15, 0.2) is 15.9 Å². The molecule has 0 saturated carbocycles. The predicted molar refractivity (Wildman–Crippen MR) is 68.8 cm³/mol. The van der Waals surface area contributed by atoms with Gasteiger partial charge in [-0.1, -0.05) is 0 Å². The first kappa shape index (κ1) is 14.1. The maximum Gasteiger partial charge on any atom is 0.183 e. The highest BCUT2D eigenvalue weighted by molar-refractivity contribution is 9.10. The first-order chi connectivity index (χ1) is 7.67. The zero-order valence-corrected chi connectivity index (χ0v) is 11.9. The third kappa shape index (κ3) is 4.51. The van der Waals surface area contributed by atoms with Crippen LogP contribution in [0, 0.1) is 0 Å². The summed E-state index contributed by atoms with van der Waals surface area (Å²) in [5.74, 6) is 0. The molecule has 0 fully saturated rings. The van der Waals surface area contributed by atoms with Crippen LogP contribution < -0.4 is 0 Å². The molecule has 92 valence electrons. The molecule has 0 spiro atoms. The summed E-state index contributed by atoms with van der Waals surface area (Å²) in [4.78, 5) is 1.11. The van der Waals surface area contributed by atoms with E-state index in [1.807, 2.05) is 25.3 Å². The minimum absolute atomic E-state index is 0.532. The maximum absolute atomic E-state index is 9.98. The molecule has 1 aromatic heterocycles. The average Bonchev–Trinajstić information content (AvgIpc) is 2.63. The highest BCUT2D eigenvalue weighted by atomic mass is 79.9. The first-order valence-electron chi connectivity index (χ1n) is 5.31. The molecule has 0 aliphatic carbocycles. The second-order valence-electron chi connectivity index (χ2n) is 3.28. The van der Waals surface area contributed by atoms with Crippen molar-refractivity contribution in [3.05, 3.63) is 20.8 Å². The molecule has 3 nitrogen and oxygen atoms in total. The molecular weight excluding hydrogens is 292 g/mol. The van der Waals surface area contributed by atoms with E-state index >= 15 is 0 Å². The lowest BCUT2D eigenvalue weighted by Crippen LogP contribution is -2.33. The third-order valence-corrected chi connectivity index (χ3v) is 3.73. The van der Waals surface area contributed by atoms with E-state index < -0.39 is 12.4 Å². The Kier molecular flexibility index (Phi) is 6.53. The van der Waals surface area contributed by atoms with Crippen LogP contribution in [0.5, 0.6) is 0 Å². The molecule has 1 atom stereocenters. The molecule has 1 aromatic rings. The van der Waals surface area contributed by atoms with Crippen molar-refractivity contribution < 1.29 is 14.6 Å².